The van der Waals surface area contributed by atoms with Gasteiger partial charge in [-0.3, -0.25) is 0 Å². The van der Waals surface area contributed by atoms with Crippen molar-refractivity contribution in [2.24, 2.45) is 0 Å². The van der Waals surface area contributed by atoms with Crippen molar-refractivity contribution in [1.29, 1.82) is 0 Å². The van der Waals surface area contributed by atoms with Gasteiger partial charge in [0.1, 0.15) is 23.2 Å². The Morgan fingerprint density at radius 1 is 0.679 bits per heavy atom. The maximum absolute atomic E-state index is 10.7. The summed E-state index contributed by atoms with van der Waals surface area (Å²) in [6, 6.07) is 32.6. The monoisotopic (exact) mass is 426 g/mol. The third-order valence-electron chi connectivity index (χ3n) is 4.10. The van der Waals surface area contributed by atoms with Crippen LogP contribution in [-0.2, 0) is 10.1 Å². The fourth-order valence-corrected chi connectivity index (χ4v) is 5.83. The van der Waals surface area contributed by atoms with Crippen molar-refractivity contribution < 1.29 is 26.1 Å². The van der Waals surface area contributed by atoms with Crippen LogP contribution < -0.4 is 15.9 Å². The Balaban J connectivity index is 0.000000300. The predicted molar refractivity (Wildman–Crippen MR) is 107 cm³/mol. The van der Waals surface area contributed by atoms with E-state index in [0.29, 0.717) is 0 Å². The highest BCUT2D eigenvalue weighted by molar-refractivity contribution is 7.95. The fourth-order valence-electron chi connectivity index (χ4n) is 2.63. The van der Waals surface area contributed by atoms with Gasteiger partial charge in [-0.2, -0.15) is 13.2 Å². The summed E-state index contributed by atoms with van der Waals surface area (Å²) in [6.07, 6.45) is 0. The van der Waals surface area contributed by atoms with Gasteiger partial charge in [-0.05, 0) is 36.4 Å². The van der Waals surface area contributed by atoms with Gasteiger partial charge in [-0.1, -0.05) is 54.6 Å². The molecule has 0 heterocycles. The van der Waals surface area contributed by atoms with E-state index in [1.165, 1.54) is 15.9 Å². The molecule has 0 aromatic heterocycles. The first kappa shape index (κ1) is 22.1. The third kappa shape index (κ3) is 5.19. The second kappa shape index (κ2) is 8.86. The van der Waals surface area contributed by atoms with E-state index in [1.807, 2.05) is 0 Å². The minimum Gasteiger partial charge on any atom is -0.741 e. The van der Waals surface area contributed by atoms with Crippen LogP contribution in [0.2, 0.25) is 0 Å². The van der Waals surface area contributed by atoms with Crippen molar-refractivity contribution in [3.05, 3.63) is 91.0 Å². The smallest absolute Gasteiger partial charge is 0.485 e. The van der Waals surface area contributed by atoms with Gasteiger partial charge in [-0.25, -0.2) is 8.42 Å². The lowest BCUT2D eigenvalue weighted by Crippen LogP contribution is -2.30. The Bertz CT molecular complexity index is 881. The quantitative estimate of drug-likeness (QED) is 0.365. The first-order valence-electron chi connectivity index (χ1n) is 8.12. The summed E-state index contributed by atoms with van der Waals surface area (Å²) in [6.45, 7) is 2.41. The second-order valence-corrected chi connectivity index (χ2v) is 10.8. The van der Waals surface area contributed by atoms with E-state index in [1.54, 1.807) is 0 Å². The number of benzene rings is 3. The van der Waals surface area contributed by atoms with Crippen LogP contribution in [0.5, 0.6) is 0 Å². The zero-order valence-electron chi connectivity index (χ0n) is 14.9. The van der Waals surface area contributed by atoms with Crippen LogP contribution >= 0.6 is 7.26 Å². The topological polar surface area (TPSA) is 57.2 Å². The Morgan fingerprint density at radius 3 is 1.07 bits per heavy atom. The Morgan fingerprint density at radius 2 is 0.893 bits per heavy atom. The molecule has 0 aliphatic carbocycles. The molecular weight excluding hydrogens is 408 g/mol. The summed E-state index contributed by atoms with van der Waals surface area (Å²) >= 11 is 0. The lowest BCUT2D eigenvalue weighted by atomic mass is 10.4. The molecule has 0 aliphatic rings. The SMILES string of the molecule is C[P+](c1ccccc1)(c1ccccc1)c1ccccc1.O=S(=O)([O-])C(F)(F)F. The molecule has 0 fully saturated rings. The molecule has 0 radical (unpaired) electrons. The molecule has 0 atom stereocenters. The average Bonchev–Trinajstić information content (AvgIpc) is 2.68. The normalized spacial score (nSPS) is 12.0. The largest absolute Gasteiger partial charge is 0.741 e. The molecule has 3 aromatic carbocycles. The average molecular weight is 426 g/mol. The van der Waals surface area contributed by atoms with Crippen molar-refractivity contribution in [2.45, 2.75) is 5.51 Å². The maximum Gasteiger partial charge on any atom is 0.485 e. The molecule has 0 amide bonds. The van der Waals surface area contributed by atoms with E-state index in [-0.39, 0.29) is 0 Å². The lowest BCUT2D eigenvalue weighted by Gasteiger charge is -2.22. The number of rotatable bonds is 3. The van der Waals surface area contributed by atoms with Gasteiger partial charge < -0.3 is 4.55 Å². The first-order chi connectivity index (χ1) is 13.1. The lowest BCUT2D eigenvalue weighted by molar-refractivity contribution is -0.0517. The highest BCUT2D eigenvalue weighted by atomic mass is 32.2. The Hall–Kier alpha value is -2.21. The van der Waals surface area contributed by atoms with Crippen LogP contribution in [0.1, 0.15) is 0 Å². The molecular formula is C20H18F3O3PS. The minimum absolute atomic E-state index is 1.43. The fraction of sp³-hybridized carbons (Fsp3) is 0.100. The second-order valence-electron chi connectivity index (χ2n) is 5.91. The number of alkyl halides is 3. The van der Waals surface area contributed by atoms with Crippen LogP contribution in [0.25, 0.3) is 0 Å². The molecule has 0 saturated carbocycles. The minimum atomic E-state index is -6.09. The number of hydrogen-bond acceptors (Lipinski definition) is 3. The maximum atomic E-state index is 10.7. The van der Waals surface area contributed by atoms with Gasteiger partial charge in [0.25, 0.3) is 0 Å². The highest BCUT2D eigenvalue weighted by Gasteiger charge is 2.39. The van der Waals surface area contributed by atoms with Gasteiger partial charge in [-0.15, -0.1) is 0 Å². The van der Waals surface area contributed by atoms with Crippen LogP contribution in [0.4, 0.5) is 13.2 Å². The van der Waals surface area contributed by atoms with Gasteiger partial charge in [0.15, 0.2) is 10.1 Å². The van der Waals surface area contributed by atoms with Crippen molar-refractivity contribution in [3.8, 4) is 0 Å². The summed E-state index contributed by atoms with van der Waals surface area (Å²) in [4.78, 5) is 0. The van der Waals surface area contributed by atoms with Crippen molar-refractivity contribution in [2.75, 3.05) is 6.66 Å². The van der Waals surface area contributed by atoms with Gasteiger partial charge in [0.05, 0.1) is 6.66 Å². The molecule has 3 nitrogen and oxygen atoms in total. The summed E-state index contributed by atoms with van der Waals surface area (Å²) in [5, 5.41) is 4.28. The molecule has 0 bridgehead atoms. The standard InChI is InChI=1S/C19H18P.CHF3O3S/c1-20(17-11-5-2-6-12-17,18-13-7-3-8-14-18)19-15-9-4-10-16-19;2-1(3,4)8(5,6)7/h2-16H,1H3;(H,5,6,7)/q+1;/p-1. The summed E-state index contributed by atoms with van der Waals surface area (Å²) in [5.74, 6) is 0. The van der Waals surface area contributed by atoms with E-state index in [0.717, 1.165) is 0 Å². The predicted octanol–water partition coefficient (Wildman–Crippen LogP) is 3.66. The number of halogens is 3. The third-order valence-corrected chi connectivity index (χ3v) is 8.66. The molecule has 28 heavy (non-hydrogen) atoms. The molecule has 3 rings (SSSR count). The molecule has 8 heteroatoms. The summed E-state index contributed by atoms with van der Waals surface area (Å²) in [5.41, 5.74) is -5.65. The van der Waals surface area contributed by atoms with Crippen molar-refractivity contribution >= 4 is 33.3 Å². The van der Waals surface area contributed by atoms with Crippen LogP contribution in [-0.4, -0.2) is 25.1 Å². The molecule has 0 spiro atoms. The highest BCUT2D eigenvalue weighted by Crippen LogP contribution is 2.51. The van der Waals surface area contributed by atoms with E-state index < -0.39 is 22.9 Å². The molecule has 0 N–H and O–H groups in total. The van der Waals surface area contributed by atoms with Crippen molar-refractivity contribution in [1.82, 2.24) is 0 Å². The van der Waals surface area contributed by atoms with Crippen LogP contribution in [0, 0.1) is 0 Å². The molecule has 148 valence electrons. The van der Waals surface area contributed by atoms with Gasteiger partial charge in [0, 0.05) is 0 Å². The molecule has 0 saturated heterocycles. The molecule has 0 aliphatic heterocycles. The first-order valence-corrected chi connectivity index (χ1v) is 11.8. The van der Waals surface area contributed by atoms with E-state index in [2.05, 4.69) is 97.7 Å². The van der Waals surface area contributed by atoms with Gasteiger partial charge in [0.2, 0.25) is 0 Å². The van der Waals surface area contributed by atoms with Crippen molar-refractivity contribution in [3.63, 3.8) is 0 Å². The van der Waals surface area contributed by atoms with E-state index in [9.17, 15) is 13.2 Å². The van der Waals surface area contributed by atoms with E-state index in [4.69, 9.17) is 13.0 Å². The van der Waals surface area contributed by atoms with Gasteiger partial charge >= 0.3 is 5.51 Å². The van der Waals surface area contributed by atoms with Crippen LogP contribution in [0.3, 0.4) is 0 Å². The molecule has 3 aromatic rings. The summed E-state index contributed by atoms with van der Waals surface area (Å²) in [7, 11) is -7.62. The summed E-state index contributed by atoms with van der Waals surface area (Å²) < 4.78 is 58.9. The zero-order chi connectivity index (χ0) is 20.8. The Labute approximate surface area is 162 Å². The molecule has 0 unspecified atom stereocenters. The number of hydrogen-bond donors (Lipinski definition) is 0. The zero-order valence-corrected chi connectivity index (χ0v) is 16.6. The Kier molecular flexibility index (Phi) is 6.99. The van der Waals surface area contributed by atoms with Crippen LogP contribution in [0.15, 0.2) is 91.0 Å². The van der Waals surface area contributed by atoms with E-state index >= 15 is 0 Å².